The van der Waals surface area contributed by atoms with Gasteiger partial charge in [0.05, 0.1) is 6.61 Å². The van der Waals surface area contributed by atoms with Crippen molar-refractivity contribution in [3.05, 3.63) is 23.8 Å². The highest BCUT2D eigenvalue weighted by molar-refractivity contribution is 5.49. The van der Waals surface area contributed by atoms with E-state index in [0.717, 1.165) is 56.1 Å². The molecule has 2 heterocycles. The van der Waals surface area contributed by atoms with E-state index in [0.29, 0.717) is 13.0 Å². The third-order valence-electron chi connectivity index (χ3n) is 6.92. The minimum absolute atomic E-state index is 0.0392. The lowest BCUT2D eigenvalue weighted by atomic mass is 9.81. The molecule has 1 atom stereocenters. The molecule has 30 heavy (non-hydrogen) atoms. The molecule has 1 aromatic carbocycles. The van der Waals surface area contributed by atoms with Crippen LogP contribution >= 0.6 is 0 Å². The van der Waals surface area contributed by atoms with Gasteiger partial charge in [-0.15, -0.1) is 0 Å². The first-order valence-electron chi connectivity index (χ1n) is 12.0. The Morgan fingerprint density at radius 1 is 1.27 bits per heavy atom. The molecule has 3 aliphatic rings. The Morgan fingerprint density at radius 2 is 2.03 bits per heavy atom. The molecule has 0 amide bonds. The normalized spacial score (nSPS) is 21.4. The third-order valence-corrected chi connectivity index (χ3v) is 6.92. The van der Waals surface area contributed by atoms with Gasteiger partial charge in [-0.3, -0.25) is 0 Å². The summed E-state index contributed by atoms with van der Waals surface area (Å²) >= 11 is 0. The van der Waals surface area contributed by atoms with Crippen molar-refractivity contribution in [1.82, 2.24) is 10.2 Å². The Labute approximate surface area is 182 Å². The van der Waals surface area contributed by atoms with Crippen LogP contribution in [-0.4, -0.2) is 56.1 Å². The van der Waals surface area contributed by atoms with E-state index in [1.54, 1.807) is 0 Å². The van der Waals surface area contributed by atoms with Crippen molar-refractivity contribution in [2.75, 3.05) is 33.3 Å². The molecule has 1 N–H and O–H groups in total. The van der Waals surface area contributed by atoms with E-state index in [1.807, 2.05) is 27.0 Å². The average Bonchev–Trinajstić information content (AvgIpc) is 2.74. The van der Waals surface area contributed by atoms with E-state index < -0.39 is 0 Å². The van der Waals surface area contributed by atoms with Gasteiger partial charge in [0.25, 0.3) is 0 Å². The molecule has 4 rings (SSSR count). The van der Waals surface area contributed by atoms with Crippen LogP contribution in [0.5, 0.6) is 11.5 Å². The third kappa shape index (κ3) is 5.55. The monoisotopic (exact) mass is 416 g/mol. The molecular weight excluding hydrogens is 376 g/mol. The largest absolute Gasteiger partial charge is 0.493 e. The lowest BCUT2D eigenvalue weighted by molar-refractivity contribution is -0.108. The number of aldehydes is 1. The number of hydrogen-bond acceptors (Lipinski definition) is 5. The number of ether oxygens (including phenoxy) is 2. The fourth-order valence-electron chi connectivity index (χ4n) is 4.84. The molecule has 5 nitrogen and oxygen atoms in total. The number of likely N-dealkylation sites (tertiary alicyclic amines) is 1. The maximum atomic E-state index is 10.8. The van der Waals surface area contributed by atoms with Crippen LogP contribution in [0.15, 0.2) is 18.2 Å². The summed E-state index contributed by atoms with van der Waals surface area (Å²) in [6.45, 7) is 7.71. The molecule has 1 saturated heterocycles. The summed E-state index contributed by atoms with van der Waals surface area (Å²) in [5.74, 6) is 2.12. The van der Waals surface area contributed by atoms with E-state index in [-0.39, 0.29) is 11.5 Å². The summed E-state index contributed by atoms with van der Waals surface area (Å²) in [4.78, 5) is 13.5. The fraction of sp³-hybridized carbons (Fsp3) is 0.720. The topological polar surface area (TPSA) is 50.8 Å². The number of carbonyl (C=O) groups is 1. The van der Waals surface area contributed by atoms with Crippen molar-refractivity contribution in [2.45, 2.75) is 76.9 Å². The quantitative estimate of drug-likeness (QED) is 0.643. The SMILES string of the molecule is CC.CNCC(CC=O)COc1ccc2c(c1)CCC1(CCN(C3CCC3)CC1)O2. The van der Waals surface area contributed by atoms with Crippen LogP contribution in [0.3, 0.4) is 0 Å². The van der Waals surface area contributed by atoms with Gasteiger partial charge in [-0.25, -0.2) is 0 Å². The second-order valence-electron chi connectivity index (χ2n) is 8.81. The van der Waals surface area contributed by atoms with Gasteiger partial charge >= 0.3 is 0 Å². The van der Waals surface area contributed by atoms with Crippen LogP contribution < -0.4 is 14.8 Å². The highest BCUT2D eigenvalue weighted by Crippen LogP contribution is 2.41. The van der Waals surface area contributed by atoms with Gasteiger partial charge in [0.1, 0.15) is 23.4 Å². The summed E-state index contributed by atoms with van der Waals surface area (Å²) in [6, 6.07) is 7.07. The number of rotatable bonds is 8. The maximum Gasteiger partial charge on any atom is 0.123 e. The zero-order valence-electron chi connectivity index (χ0n) is 19.1. The molecule has 0 radical (unpaired) electrons. The molecule has 1 aromatic rings. The fourth-order valence-corrected chi connectivity index (χ4v) is 4.84. The van der Waals surface area contributed by atoms with E-state index >= 15 is 0 Å². The van der Waals surface area contributed by atoms with Crippen molar-refractivity contribution in [3.63, 3.8) is 0 Å². The first-order chi connectivity index (χ1) is 14.7. The van der Waals surface area contributed by atoms with E-state index in [4.69, 9.17) is 9.47 Å². The second kappa shape index (κ2) is 11.1. The minimum Gasteiger partial charge on any atom is -0.493 e. The van der Waals surface area contributed by atoms with Crippen LogP contribution in [0.4, 0.5) is 0 Å². The zero-order valence-corrected chi connectivity index (χ0v) is 19.1. The van der Waals surface area contributed by atoms with Crippen LogP contribution in [0, 0.1) is 5.92 Å². The highest BCUT2D eigenvalue weighted by Gasteiger charge is 2.41. The maximum absolute atomic E-state index is 10.8. The number of benzene rings is 1. The Bertz CT molecular complexity index is 666. The van der Waals surface area contributed by atoms with Crippen LogP contribution in [0.2, 0.25) is 0 Å². The van der Waals surface area contributed by atoms with Gasteiger partial charge in [0.15, 0.2) is 0 Å². The van der Waals surface area contributed by atoms with E-state index in [2.05, 4.69) is 22.3 Å². The highest BCUT2D eigenvalue weighted by atomic mass is 16.5. The molecule has 2 fully saturated rings. The average molecular weight is 417 g/mol. The molecule has 0 aromatic heterocycles. The molecule has 2 aliphatic heterocycles. The number of nitrogens with zero attached hydrogens (tertiary/aromatic N) is 1. The smallest absolute Gasteiger partial charge is 0.123 e. The Morgan fingerprint density at radius 3 is 2.67 bits per heavy atom. The molecule has 1 unspecified atom stereocenters. The molecular formula is C25H40N2O3. The van der Waals surface area contributed by atoms with Crippen molar-refractivity contribution in [2.24, 2.45) is 5.92 Å². The molecule has 0 bridgehead atoms. The van der Waals surface area contributed by atoms with Gasteiger partial charge in [-0.2, -0.15) is 0 Å². The number of nitrogens with one attached hydrogen (secondary N) is 1. The van der Waals surface area contributed by atoms with Crippen molar-refractivity contribution in [3.8, 4) is 11.5 Å². The Balaban J connectivity index is 0.00000124. The van der Waals surface area contributed by atoms with Gasteiger partial charge in [-0.05, 0) is 69.3 Å². The minimum atomic E-state index is 0.0392. The van der Waals surface area contributed by atoms with Gasteiger partial charge in [0.2, 0.25) is 0 Å². The Hall–Kier alpha value is -1.59. The lowest BCUT2D eigenvalue weighted by Gasteiger charge is -2.48. The van der Waals surface area contributed by atoms with Crippen LogP contribution in [0.25, 0.3) is 0 Å². The summed E-state index contributed by atoms with van der Waals surface area (Å²) in [6.07, 6.45) is 10.2. The number of carbonyl (C=O) groups excluding carboxylic acids is 1. The van der Waals surface area contributed by atoms with Crippen LogP contribution in [0.1, 0.15) is 64.4 Å². The van der Waals surface area contributed by atoms with Crippen LogP contribution in [-0.2, 0) is 11.2 Å². The number of aryl methyl sites for hydroxylation is 1. The second-order valence-corrected chi connectivity index (χ2v) is 8.81. The number of piperidine rings is 1. The lowest BCUT2D eigenvalue weighted by Crippen LogP contribution is -2.53. The summed E-state index contributed by atoms with van der Waals surface area (Å²) in [7, 11) is 1.90. The Kier molecular flexibility index (Phi) is 8.58. The van der Waals surface area contributed by atoms with Gasteiger partial charge in [-0.1, -0.05) is 20.3 Å². The van der Waals surface area contributed by atoms with E-state index in [9.17, 15) is 4.79 Å². The van der Waals surface area contributed by atoms with Gasteiger partial charge in [0, 0.05) is 38.0 Å². The van der Waals surface area contributed by atoms with E-state index in [1.165, 1.54) is 37.9 Å². The summed E-state index contributed by atoms with van der Waals surface area (Å²) in [5, 5.41) is 3.13. The van der Waals surface area contributed by atoms with Crippen molar-refractivity contribution >= 4 is 6.29 Å². The molecule has 168 valence electrons. The molecule has 1 aliphatic carbocycles. The first-order valence-corrected chi connectivity index (χ1v) is 12.0. The predicted octanol–water partition coefficient (Wildman–Crippen LogP) is 4.23. The number of hydrogen-bond donors (Lipinski definition) is 1. The molecule has 5 heteroatoms. The summed E-state index contributed by atoms with van der Waals surface area (Å²) < 4.78 is 12.5. The molecule has 1 saturated carbocycles. The molecule has 1 spiro atoms. The first kappa shape index (κ1) is 23.1. The predicted molar refractivity (Wildman–Crippen MR) is 122 cm³/mol. The zero-order chi connectivity index (χ0) is 21.4. The summed E-state index contributed by atoms with van der Waals surface area (Å²) in [5.41, 5.74) is 1.29. The number of fused-ring (bicyclic) bond motifs is 1. The van der Waals surface area contributed by atoms with Crippen molar-refractivity contribution < 1.29 is 14.3 Å². The standard InChI is InChI=1S/C23H34N2O3.C2H6/c1-24-16-18(8-14-26)17-27-21-5-6-22-19(15-21)7-9-23(28-22)10-12-25(13-11-23)20-3-2-4-20;1-2/h5-6,14-15,18,20,24H,2-4,7-13,16-17H2,1H3;1-2H3. The van der Waals surface area contributed by atoms with Gasteiger partial charge < -0.3 is 24.5 Å². The van der Waals surface area contributed by atoms with Crippen molar-refractivity contribution in [1.29, 1.82) is 0 Å².